The fourth-order valence-electron chi connectivity index (χ4n) is 4.46. The van der Waals surface area contributed by atoms with Gasteiger partial charge < -0.3 is 15.4 Å². The Kier molecular flexibility index (Phi) is 6.82. The zero-order valence-electron chi connectivity index (χ0n) is 17.8. The van der Waals surface area contributed by atoms with E-state index in [-0.39, 0.29) is 30.1 Å². The molecule has 2 aliphatic rings. The Morgan fingerprint density at radius 1 is 1.20 bits per heavy atom. The van der Waals surface area contributed by atoms with E-state index >= 15 is 0 Å². The molecule has 2 aromatic carbocycles. The van der Waals surface area contributed by atoms with E-state index in [1.807, 2.05) is 19.9 Å². The summed E-state index contributed by atoms with van der Waals surface area (Å²) in [6.07, 6.45) is 4.18. The van der Waals surface area contributed by atoms with Gasteiger partial charge in [-0.3, -0.25) is 0 Å². The second-order valence-electron chi connectivity index (χ2n) is 8.85. The molecule has 0 aliphatic carbocycles. The Labute approximate surface area is 185 Å². The Morgan fingerprint density at radius 2 is 1.93 bits per heavy atom. The highest BCUT2D eigenvalue weighted by atomic mass is 35.5. The molecule has 0 saturated carbocycles. The van der Waals surface area contributed by atoms with Crippen LogP contribution in [0.3, 0.4) is 0 Å². The molecular formula is C23H31ClN2O3S. The molecule has 0 spiro atoms. The third-order valence-electron chi connectivity index (χ3n) is 5.81. The predicted octanol–water partition coefficient (Wildman–Crippen LogP) is 3.81. The van der Waals surface area contributed by atoms with Crippen LogP contribution >= 0.6 is 12.4 Å². The quantitative estimate of drug-likeness (QED) is 0.725. The Bertz CT molecular complexity index is 993. The molecule has 0 amide bonds. The van der Waals surface area contributed by atoms with Crippen molar-refractivity contribution in [2.45, 2.75) is 62.2 Å². The van der Waals surface area contributed by atoms with Crippen LogP contribution in [-0.4, -0.2) is 32.9 Å². The molecule has 164 valence electrons. The molecule has 2 aliphatic heterocycles. The van der Waals surface area contributed by atoms with Gasteiger partial charge in [0.1, 0.15) is 11.4 Å². The van der Waals surface area contributed by atoms with E-state index in [2.05, 4.69) is 34.9 Å². The Morgan fingerprint density at radius 3 is 2.63 bits per heavy atom. The first-order chi connectivity index (χ1) is 13.7. The summed E-state index contributed by atoms with van der Waals surface area (Å²) in [6.45, 7) is 5.67. The molecule has 0 bridgehead atoms. The second-order valence-corrected chi connectivity index (χ2v) is 10.9. The van der Waals surface area contributed by atoms with Crippen molar-refractivity contribution in [3.8, 4) is 5.75 Å². The number of hydrogen-bond acceptors (Lipinski definition) is 5. The molecule has 0 radical (unpaired) electrons. The monoisotopic (exact) mass is 450 g/mol. The van der Waals surface area contributed by atoms with Crippen LogP contribution in [-0.2, 0) is 22.8 Å². The highest BCUT2D eigenvalue weighted by molar-refractivity contribution is 7.90. The fraction of sp³-hybridized carbons (Fsp3) is 0.478. The van der Waals surface area contributed by atoms with Crippen molar-refractivity contribution in [3.63, 3.8) is 0 Å². The minimum absolute atomic E-state index is 0. The van der Waals surface area contributed by atoms with E-state index in [0.29, 0.717) is 11.4 Å². The van der Waals surface area contributed by atoms with Crippen LogP contribution < -0.4 is 15.4 Å². The lowest BCUT2D eigenvalue weighted by atomic mass is 9.92. The summed E-state index contributed by atoms with van der Waals surface area (Å²) in [5.41, 5.74) is 2.87. The van der Waals surface area contributed by atoms with Crippen LogP contribution in [0.4, 0.5) is 0 Å². The van der Waals surface area contributed by atoms with E-state index in [0.717, 1.165) is 42.7 Å². The molecule has 30 heavy (non-hydrogen) atoms. The fourth-order valence-corrected chi connectivity index (χ4v) is 5.17. The summed E-state index contributed by atoms with van der Waals surface area (Å²) in [6, 6.07) is 14.6. The molecule has 7 heteroatoms. The first kappa shape index (κ1) is 23.1. The van der Waals surface area contributed by atoms with Crippen molar-refractivity contribution in [2.75, 3.05) is 12.8 Å². The molecule has 5 nitrogen and oxygen atoms in total. The van der Waals surface area contributed by atoms with Crippen LogP contribution in [0.25, 0.3) is 0 Å². The van der Waals surface area contributed by atoms with Gasteiger partial charge in [-0.25, -0.2) is 8.42 Å². The van der Waals surface area contributed by atoms with Crippen molar-refractivity contribution in [3.05, 3.63) is 59.2 Å². The van der Waals surface area contributed by atoms with Crippen molar-refractivity contribution in [1.29, 1.82) is 0 Å². The SMILES string of the molecule is CC1(C)Cc2cc(S(C)(=O)=O)cc(CN[C@H]3CCCN[C@H]3c3ccccc3)c2O1.Cl. The van der Waals surface area contributed by atoms with Gasteiger partial charge in [-0.1, -0.05) is 30.3 Å². The van der Waals surface area contributed by atoms with Crippen LogP contribution in [0, 0.1) is 0 Å². The van der Waals surface area contributed by atoms with E-state index in [1.54, 1.807) is 12.1 Å². The smallest absolute Gasteiger partial charge is 0.175 e. The third-order valence-corrected chi connectivity index (χ3v) is 6.90. The lowest BCUT2D eigenvalue weighted by Crippen LogP contribution is -2.45. The normalized spacial score (nSPS) is 22.6. The predicted molar refractivity (Wildman–Crippen MR) is 122 cm³/mol. The van der Waals surface area contributed by atoms with E-state index < -0.39 is 9.84 Å². The van der Waals surface area contributed by atoms with Crippen LogP contribution in [0.2, 0.25) is 0 Å². The number of halogens is 1. The maximum atomic E-state index is 12.2. The Hall–Kier alpha value is -1.60. The molecule has 4 rings (SSSR count). The number of fused-ring (bicyclic) bond motifs is 1. The minimum Gasteiger partial charge on any atom is -0.487 e. The van der Waals surface area contributed by atoms with Gasteiger partial charge in [0, 0.05) is 36.9 Å². The standard InChI is InChI=1S/C23H30N2O3S.ClH/c1-23(2)14-17-12-19(29(3,26)27)13-18(22(17)28-23)15-25-20-10-7-11-24-21(20)16-8-5-4-6-9-16;/h4-6,8-9,12-13,20-21,24-25H,7,10-11,14-15H2,1-3H3;1H/t20-,21-;/m0./s1. The van der Waals surface area contributed by atoms with Gasteiger partial charge in [-0.2, -0.15) is 0 Å². The number of ether oxygens (including phenoxy) is 1. The van der Waals surface area contributed by atoms with Crippen molar-refractivity contribution >= 4 is 22.2 Å². The molecule has 1 fully saturated rings. The summed E-state index contributed by atoms with van der Waals surface area (Å²) in [5, 5.41) is 7.32. The molecule has 2 heterocycles. The summed E-state index contributed by atoms with van der Waals surface area (Å²) in [4.78, 5) is 0.371. The number of sulfone groups is 1. The van der Waals surface area contributed by atoms with Crippen molar-refractivity contribution in [1.82, 2.24) is 10.6 Å². The summed E-state index contributed by atoms with van der Waals surface area (Å²) >= 11 is 0. The lowest BCUT2D eigenvalue weighted by molar-refractivity contribution is 0.137. The molecule has 2 atom stereocenters. The highest BCUT2D eigenvalue weighted by Crippen LogP contribution is 2.39. The molecule has 0 unspecified atom stereocenters. The number of rotatable bonds is 5. The summed E-state index contributed by atoms with van der Waals surface area (Å²) in [7, 11) is -3.28. The van der Waals surface area contributed by atoms with E-state index in [9.17, 15) is 8.42 Å². The second kappa shape index (κ2) is 8.87. The van der Waals surface area contributed by atoms with Gasteiger partial charge in [0.05, 0.1) is 4.90 Å². The maximum absolute atomic E-state index is 12.2. The van der Waals surface area contributed by atoms with Gasteiger partial charge in [0.2, 0.25) is 0 Å². The van der Waals surface area contributed by atoms with E-state index in [1.165, 1.54) is 11.8 Å². The largest absolute Gasteiger partial charge is 0.487 e. The van der Waals surface area contributed by atoms with Crippen molar-refractivity contribution < 1.29 is 13.2 Å². The number of benzene rings is 2. The van der Waals surface area contributed by atoms with E-state index in [4.69, 9.17) is 4.74 Å². The molecular weight excluding hydrogens is 420 g/mol. The van der Waals surface area contributed by atoms with Crippen molar-refractivity contribution in [2.24, 2.45) is 0 Å². The molecule has 2 N–H and O–H groups in total. The Balaban J connectivity index is 0.00000256. The zero-order chi connectivity index (χ0) is 20.6. The van der Waals surface area contributed by atoms with Crippen LogP contribution in [0.1, 0.15) is 49.4 Å². The highest BCUT2D eigenvalue weighted by Gasteiger charge is 2.33. The molecule has 0 aromatic heterocycles. The summed E-state index contributed by atoms with van der Waals surface area (Å²) in [5.74, 6) is 0.843. The first-order valence-corrected chi connectivity index (χ1v) is 12.2. The average Bonchev–Trinajstić information content (AvgIpc) is 3.00. The van der Waals surface area contributed by atoms with Crippen LogP contribution in [0.15, 0.2) is 47.4 Å². The minimum atomic E-state index is -3.28. The van der Waals surface area contributed by atoms with Gasteiger partial charge in [-0.15, -0.1) is 12.4 Å². The van der Waals surface area contributed by atoms with Gasteiger partial charge in [0.25, 0.3) is 0 Å². The molecule has 2 aromatic rings. The first-order valence-electron chi connectivity index (χ1n) is 10.3. The van der Waals surface area contributed by atoms with Gasteiger partial charge in [-0.05, 0) is 56.5 Å². The number of hydrogen-bond donors (Lipinski definition) is 2. The van der Waals surface area contributed by atoms with Crippen LogP contribution in [0.5, 0.6) is 5.75 Å². The maximum Gasteiger partial charge on any atom is 0.175 e. The molecule has 1 saturated heterocycles. The lowest BCUT2D eigenvalue weighted by Gasteiger charge is -2.34. The number of nitrogens with one attached hydrogen (secondary N) is 2. The van der Waals surface area contributed by atoms with Gasteiger partial charge in [0.15, 0.2) is 9.84 Å². The third kappa shape index (κ3) is 4.99. The van der Waals surface area contributed by atoms with Gasteiger partial charge >= 0.3 is 0 Å². The number of piperidine rings is 1. The zero-order valence-corrected chi connectivity index (χ0v) is 19.4. The average molecular weight is 451 g/mol. The topological polar surface area (TPSA) is 67.4 Å². The summed E-state index contributed by atoms with van der Waals surface area (Å²) < 4.78 is 30.6.